The van der Waals surface area contributed by atoms with Crippen molar-refractivity contribution in [3.8, 4) is 11.5 Å². The second-order valence-electron chi connectivity index (χ2n) is 7.27. The van der Waals surface area contributed by atoms with Gasteiger partial charge in [-0.05, 0) is 18.6 Å². The summed E-state index contributed by atoms with van der Waals surface area (Å²) < 4.78 is 5.40. The minimum atomic E-state index is -0.219. The van der Waals surface area contributed by atoms with Gasteiger partial charge in [-0.2, -0.15) is 4.98 Å². The molecule has 1 heterocycles. The van der Waals surface area contributed by atoms with Crippen molar-refractivity contribution >= 4 is 18.3 Å². The molecule has 2 rings (SSSR count). The standard InChI is InChI=1S/C19H28N4O2.ClH/c1-5-6-9-13(12-20)21-16(24)14-10-7-8-11-15(14)17-22-18(23-25-17)19(2,3)4;/h7-8,10-11,13H,5-6,9,12,20H2,1-4H3,(H,21,24);1H. The van der Waals surface area contributed by atoms with E-state index in [0.29, 0.717) is 29.4 Å². The number of nitrogens with two attached hydrogens (primary N) is 1. The van der Waals surface area contributed by atoms with Gasteiger partial charge in [-0.1, -0.05) is 57.8 Å². The van der Waals surface area contributed by atoms with E-state index in [1.165, 1.54) is 0 Å². The van der Waals surface area contributed by atoms with Crippen molar-refractivity contribution in [1.29, 1.82) is 0 Å². The van der Waals surface area contributed by atoms with E-state index in [1.807, 2.05) is 39.0 Å². The van der Waals surface area contributed by atoms with Gasteiger partial charge in [-0.25, -0.2) is 0 Å². The van der Waals surface area contributed by atoms with Crippen LogP contribution in [-0.4, -0.2) is 28.6 Å². The Morgan fingerprint density at radius 3 is 2.58 bits per heavy atom. The monoisotopic (exact) mass is 380 g/mol. The quantitative estimate of drug-likeness (QED) is 0.763. The van der Waals surface area contributed by atoms with Gasteiger partial charge in [0.25, 0.3) is 11.8 Å². The summed E-state index contributed by atoms with van der Waals surface area (Å²) in [4.78, 5) is 17.2. The molecule has 2 aromatic rings. The predicted molar refractivity (Wildman–Crippen MR) is 106 cm³/mol. The Kier molecular flexibility index (Phi) is 8.24. The first kappa shape index (κ1) is 22.1. The van der Waals surface area contributed by atoms with Gasteiger partial charge in [0.1, 0.15) is 0 Å². The number of rotatable bonds is 7. The first-order valence-corrected chi connectivity index (χ1v) is 8.81. The maximum Gasteiger partial charge on any atom is 0.258 e. The highest BCUT2D eigenvalue weighted by atomic mass is 35.5. The van der Waals surface area contributed by atoms with E-state index in [2.05, 4.69) is 22.4 Å². The van der Waals surface area contributed by atoms with Gasteiger partial charge in [-0.3, -0.25) is 4.79 Å². The molecule has 7 heteroatoms. The molecule has 3 N–H and O–H groups in total. The highest BCUT2D eigenvalue weighted by Crippen LogP contribution is 2.26. The molecule has 6 nitrogen and oxygen atoms in total. The normalized spacial score (nSPS) is 12.3. The molecule has 0 aliphatic carbocycles. The maximum absolute atomic E-state index is 12.7. The molecule has 0 aliphatic heterocycles. The number of carbonyl (C=O) groups is 1. The van der Waals surface area contributed by atoms with Crippen LogP contribution in [0.25, 0.3) is 11.5 Å². The first-order chi connectivity index (χ1) is 11.9. The summed E-state index contributed by atoms with van der Waals surface area (Å²) in [5.74, 6) is 0.798. The second-order valence-corrected chi connectivity index (χ2v) is 7.27. The topological polar surface area (TPSA) is 94.0 Å². The van der Waals surface area contributed by atoms with Crippen molar-refractivity contribution in [2.24, 2.45) is 5.73 Å². The van der Waals surface area contributed by atoms with Crippen LogP contribution in [-0.2, 0) is 5.41 Å². The lowest BCUT2D eigenvalue weighted by atomic mass is 9.96. The largest absolute Gasteiger partial charge is 0.348 e. The Bertz CT molecular complexity index is 710. The Labute approximate surface area is 161 Å². The molecule has 0 saturated heterocycles. The highest BCUT2D eigenvalue weighted by Gasteiger charge is 2.24. The van der Waals surface area contributed by atoms with Crippen molar-refractivity contribution in [2.75, 3.05) is 6.54 Å². The Morgan fingerprint density at radius 1 is 1.31 bits per heavy atom. The van der Waals surface area contributed by atoms with Gasteiger partial charge < -0.3 is 15.6 Å². The van der Waals surface area contributed by atoms with Crippen molar-refractivity contribution in [1.82, 2.24) is 15.5 Å². The number of halogens is 1. The van der Waals surface area contributed by atoms with Gasteiger partial charge in [0, 0.05) is 18.0 Å². The summed E-state index contributed by atoms with van der Waals surface area (Å²) in [5, 5.41) is 7.06. The molecule has 0 fully saturated rings. The van der Waals surface area contributed by atoms with Gasteiger partial charge in [0.2, 0.25) is 0 Å². The molecule has 0 aliphatic rings. The SMILES string of the molecule is CCCCC(CN)NC(=O)c1ccccc1-c1nc(C(C)(C)C)no1.Cl. The zero-order valence-electron chi connectivity index (χ0n) is 15.9. The molecule has 1 aromatic heterocycles. The van der Waals surface area contributed by atoms with E-state index in [4.69, 9.17) is 10.3 Å². The second kappa shape index (κ2) is 9.69. The zero-order chi connectivity index (χ0) is 18.4. The summed E-state index contributed by atoms with van der Waals surface area (Å²) in [7, 11) is 0. The number of hydrogen-bond acceptors (Lipinski definition) is 5. The average molecular weight is 381 g/mol. The van der Waals surface area contributed by atoms with Crippen LogP contribution in [0.5, 0.6) is 0 Å². The van der Waals surface area contributed by atoms with Crippen LogP contribution in [0.15, 0.2) is 28.8 Å². The number of amides is 1. The lowest BCUT2D eigenvalue weighted by Crippen LogP contribution is -2.40. The Hall–Kier alpha value is -1.92. The van der Waals surface area contributed by atoms with Crippen molar-refractivity contribution in [3.63, 3.8) is 0 Å². The number of nitrogens with one attached hydrogen (secondary N) is 1. The lowest BCUT2D eigenvalue weighted by Gasteiger charge is -2.17. The molecule has 1 unspecified atom stereocenters. The van der Waals surface area contributed by atoms with Crippen LogP contribution < -0.4 is 11.1 Å². The molecule has 0 spiro atoms. The van der Waals surface area contributed by atoms with E-state index in [-0.39, 0.29) is 29.8 Å². The van der Waals surface area contributed by atoms with Crippen LogP contribution in [0.2, 0.25) is 0 Å². The predicted octanol–water partition coefficient (Wildman–Crippen LogP) is 3.70. The summed E-state index contributed by atoms with van der Waals surface area (Å²) in [6.07, 6.45) is 2.97. The Balaban J connectivity index is 0.00000338. The number of unbranched alkanes of at least 4 members (excludes halogenated alkanes) is 1. The first-order valence-electron chi connectivity index (χ1n) is 8.81. The van der Waals surface area contributed by atoms with E-state index >= 15 is 0 Å². The Morgan fingerprint density at radius 2 is 2.00 bits per heavy atom. The molecule has 1 atom stereocenters. The van der Waals surface area contributed by atoms with Crippen molar-refractivity contribution in [3.05, 3.63) is 35.7 Å². The molecule has 1 aromatic carbocycles. The molecule has 0 saturated carbocycles. The fraction of sp³-hybridized carbons (Fsp3) is 0.526. The van der Waals surface area contributed by atoms with Gasteiger partial charge in [0.05, 0.1) is 11.1 Å². The molecule has 0 radical (unpaired) electrons. The number of carbonyl (C=O) groups excluding carboxylic acids is 1. The van der Waals surface area contributed by atoms with Crippen LogP contribution in [0.1, 0.15) is 63.1 Å². The number of nitrogens with zero attached hydrogens (tertiary/aromatic N) is 2. The summed E-state index contributed by atoms with van der Waals surface area (Å²) in [6.45, 7) is 8.58. The van der Waals surface area contributed by atoms with E-state index in [9.17, 15) is 4.79 Å². The maximum atomic E-state index is 12.7. The molecular weight excluding hydrogens is 352 g/mol. The molecule has 0 bridgehead atoms. The summed E-state index contributed by atoms with van der Waals surface area (Å²) >= 11 is 0. The zero-order valence-corrected chi connectivity index (χ0v) is 16.7. The van der Waals surface area contributed by atoms with E-state index < -0.39 is 0 Å². The number of hydrogen-bond donors (Lipinski definition) is 2. The molecule has 144 valence electrons. The third-order valence-corrected chi connectivity index (χ3v) is 4.02. The average Bonchev–Trinajstić information content (AvgIpc) is 3.08. The fourth-order valence-corrected chi connectivity index (χ4v) is 2.47. The molecule has 1 amide bonds. The van der Waals surface area contributed by atoms with E-state index in [1.54, 1.807) is 6.07 Å². The molecule has 26 heavy (non-hydrogen) atoms. The minimum absolute atomic E-state index is 0. The van der Waals surface area contributed by atoms with Crippen LogP contribution in [0, 0.1) is 0 Å². The van der Waals surface area contributed by atoms with Crippen LogP contribution in [0.3, 0.4) is 0 Å². The van der Waals surface area contributed by atoms with Gasteiger partial charge >= 0.3 is 0 Å². The minimum Gasteiger partial charge on any atom is -0.348 e. The summed E-state index contributed by atoms with van der Waals surface area (Å²) in [6, 6.07) is 7.22. The number of benzene rings is 1. The fourth-order valence-electron chi connectivity index (χ4n) is 2.47. The summed E-state index contributed by atoms with van der Waals surface area (Å²) in [5.41, 5.74) is 6.72. The van der Waals surface area contributed by atoms with E-state index in [0.717, 1.165) is 19.3 Å². The third kappa shape index (κ3) is 5.54. The third-order valence-electron chi connectivity index (χ3n) is 4.02. The molecular formula is C19H29ClN4O2. The van der Waals surface area contributed by atoms with Crippen molar-refractivity contribution < 1.29 is 9.32 Å². The van der Waals surface area contributed by atoms with Gasteiger partial charge in [-0.15, -0.1) is 12.4 Å². The van der Waals surface area contributed by atoms with Gasteiger partial charge in [0.15, 0.2) is 5.82 Å². The van der Waals surface area contributed by atoms with Crippen molar-refractivity contribution in [2.45, 2.75) is 58.4 Å². The number of aromatic nitrogens is 2. The smallest absolute Gasteiger partial charge is 0.258 e. The lowest BCUT2D eigenvalue weighted by molar-refractivity contribution is 0.0936. The van der Waals surface area contributed by atoms with Crippen LogP contribution in [0.4, 0.5) is 0 Å². The highest BCUT2D eigenvalue weighted by molar-refractivity contribution is 6.00. The van der Waals surface area contributed by atoms with Crippen LogP contribution >= 0.6 is 12.4 Å².